The van der Waals surface area contributed by atoms with Gasteiger partial charge in [-0.3, -0.25) is 4.79 Å². The van der Waals surface area contributed by atoms with Crippen molar-refractivity contribution >= 4 is 39.1 Å². The van der Waals surface area contributed by atoms with Crippen molar-refractivity contribution in [3.63, 3.8) is 0 Å². The number of hydrogen-bond donors (Lipinski definition) is 1. The molecule has 1 N–H and O–H groups in total. The lowest BCUT2D eigenvalue weighted by Crippen LogP contribution is -2.21. The molecule has 0 radical (unpaired) electrons. The second-order valence-corrected chi connectivity index (χ2v) is 6.69. The molecule has 0 fully saturated rings. The molecule has 0 saturated carbocycles. The standard InChI is InChI=1S/C24H17F2NO4/c25-24(26)31-20-12-6-5-11-19(20)27-21(28)14-30-23(29)22-17-9-3-1-7-15(17)13-16-8-2-4-10-18(16)22/h1-13,24H,14H2,(H,27,28). The van der Waals surface area contributed by atoms with Crippen LogP contribution in [-0.4, -0.2) is 25.1 Å². The number of halogens is 2. The Labute approximate surface area is 176 Å². The molecule has 31 heavy (non-hydrogen) atoms. The number of para-hydroxylation sites is 2. The average Bonchev–Trinajstić information content (AvgIpc) is 2.77. The zero-order chi connectivity index (χ0) is 21.8. The normalized spacial score (nSPS) is 10.9. The van der Waals surface area contributed by atoms with Crippen molar-refractivity contribution in [2.45, 2.75) is 6.61 Å². The fraction of sp³-hybridized carbons (Fsp3) is 0.0833. The average molecular weight is 421 g/mol. The van der Waals surface area contributed by atoms with Crippen LogP contribution in [0.5, 0.6) is 5.75 Å². The molecule has 4 rings (SSSR count). The number of carbonyl (C=O) groups is 2. The lowest BCUT2D eigenvalue weighted by atomic mass is 9.97. The van der Waals surface area contributed by atoms with Crippen molar-refractivity contribution in [3.8, 4) is 5.75 Å². The van der Waals surface area contributed by atoms with Crippen molar-refractivity contribution < 1.29 is 27.8 Å². The van der Waals surface area contributed by atoms with Crippen molar-refractivity contribution in [2.75, 3.05) is 11.9 Å². The fourth-order valence-electron chi connectivity index (χ4n) is 3.39. The lowest BCUT2D eigenvalue weighted by molar-refractivity contribution is -0.119. The Morgan fingerprint density at radius 1 is 0.839 bits per heavy atom. The first-order chi connectivity index (χ1) is 15.0. The van der Waals surface area contributed by atoms with Gasteiger partial charge in [0.25, 0.3) is 5.91 Å². The number of ether oxygens (including phenoxy) is 2. The van der Waals surface area contributed by atoms with Crippen LogP contribution in [-0.2, 0) is 9.53 Å². The second-order valence-electron chi connectivity index (χ2n) is 6.69. The smallest absolute Gasteiger partial charge is 0.387 e. The summed E-state index contributed by atoms with van der Waals surface area (Å²) in [4.78, 5) is 25.2. The molecule has 0 aliphatic rings. The van der Waals surface area contributed by atoms with E-state index in [0.29, 0.717) is 16.3 Å². The van der Waals surface area contributed by atoms with Gasteiger partial charge in [-0.05, 0) is 39.7 Å². The van der Waals surface area contributed by atoms with E-state index in [2.05, 4.69) is 10.1 Å². The van der Waals surface area contributed by atoms with Crippen LogP contribution in [0, 0.1) is 0 Å². The summed E-state index contributed by atoms with van der Waals surface area (Å²) in [5.41, 5.74) is 0.419. The molecule has 0 atom stereocenters. The first kappa shape index (κ1) is 20.3. The lowest BCUT2D eigenvalue weighted by Gasteiger charge is -2.13. The number of hydrogen-bond acceptors (Lipinski definition) is 4. The first-order valence-electron chi connectivity index (χ1n) is 9.44. The number of rotatable bonds is 6. The van der Waals surface area contributed by atoms with Crippen LogP contribution < -0.4 is 10.1 Å². The Balaban J connectivity index is 1.54. The summed E-state index contributed by atoms with van der Waals surface area (Å²) < 4.78 is 34.7. The molecule has 0 heterocycles. The number of anilines is 1. The Hall–Kier alpha value is -4.00. The van der Waals surface area contributed by atoms with Gasteiger partial charge >= 0.3 is 12.6 Å². The van der Waals surface area contributed by atoms with Crippen LogP contribution in [0.2, 0.25) is 0 Å². The van der Waals surface area contributed by atoms with E-state index in [9.17, 15) is 18.4 Å². The van der Waals surface area contributed by atoms with E-state index in [4.69, 9.17) is 4.74 Å². The molecule has 4 aromatic carbocycles. The van der Waals surface area contributed by atoms with Crippen LogP contribution in [0.1, 0.15) is 10.4 Å². The number of esters is 1. The van der Waals surface area contributed by atoms with Crippen LogP contribution in [0.15, 0.2) is 78.9 Å². The SMILES string of the molecule is O=C(COC(=O)c1c2ccccc2cc2ccccc12)Nc1ccccc1OC(F)F. The van der Waals surface area contributed by atoms with Crippen molar-refractivity contribution in [2.24, 2.45) is 0 Å². The summed E-state index contributed by atoms with van der Waals surface area (Å²) >= 11 is 0. The number of carbonyl (C=O) groups excluding carboxylic acids is 2. The molecule has 0 aromatic heterocycles. The second kappa shape index (κ2) is 8.79. The van der Waals surface area contributed by atoms with E-state index >= 15 is 0 Å². The maximum Gasteiger partial charge on any atom is 0.387 e. The van der Waals surface area contributed by atoms with Gasteiger partial charge in [-0.25, -0.2) is 4.79 Å². The van der Waals surface area contributed by atoms with E-state index in [0.717, 1.165) is 10.8 Å². The third-order valence-electron chi connectivity index (χ3n) is 4.69. The minimum Gasteiger partial charge on any atom is -0.452 e. The fourth-order valence-corrected chi connectivity index (χ4v) is 3.39. The molecule has 0 bridgehead atoms. The quantitative estimate of drug-likeness (QED) is 0.335. The highest BCUT2D eigenvalue weighted by Crippen LogP contribution is 2.29. The summed E-state index contributed by atoms with van der Waals surface area (Å²) in [7, 11) is 0. The zero-order valence-electron chi connectivity index (χ0n) is 16.2. The third kappa shape index (κ3) is 4.45. The van der Waals surface area contributed by atoms with Crippen molar-refractivity contribution in [1.29, 1.82) is 0 Å². The molecule has 7 heteroatoms. The maximum absolute atomic E-state index is 12.9. The number of nitrogens with one attached hydrogen (secondary N) is 1. The Bertz CT molecular complexity index is 1220. The number of benzene rings is 4. The Morgan fingerprint density at radius 2 is 1.42 bits per heavy atom. The van der Waals surface area contributed by atoms with Gasteiger partial charge in [0.15, 0.2) is 6.61 Å². The molecular weight excluding hydrogens is 404 g/mol. The van der Waals surface area contributed by atoms with Crippen LogP contribution in [0.4, 0.5) is 14.5 Å². The van der Waals surface area contributed by atoms with Gasteiger partial charge in [0.1, 0.15) is 5.75 Å². The summed E-state index contributed by atoms with van der Waals surface area (Å²) in [6.07, 6.45) is 0. The summed E-state index contributed by atoms with van der Waals surface area (Å²) in [5, 5.41) is 5.59. The maximum atomic E-state index is 12.9. The molecule has 0 spiro atoms. The van der Waals surface area contributed by atoms with Gasteiger partial charge in [-0.2, -0.15) is 8.78 Å². The van der Waals surface area contributed by atoms with E-state index < -0.39 is 25.1 Å². The molecule has 0 aliphatic heterocycles. The highest BCUT2D eigenvalue weighted by atomic mass is 19.3. The van der Waals surface area contributed by atoms with E-state index in [1.807, 2.05) is 54.6 Å². The van der Waals surface area contributed by atoms with E-state index in [1.165, 1.54) is 18.2 Å². The molecule has 156 valence electrons. The van der Waals surface area contributed by atoms with Gasteiger partial charge in [0, 0.05) is 0 Å². The monoisotopic (exact) mass is 421 g/mol. The van der Waals surface area contributed by atoms with Crippen LogP contribution in [0.3, 0.4) is 0 Å². The molecular formula is C24H17F2NO4. The van der Waals surface area contributed by atoms with Crippen LogP contribution >= 0.6 is 0 Å². The number of alkyl halides is 2. The summed E-state index contributed by atoms with van der Waals surface area (Å²) in [6.45, 7) is -3.62. The summed E-state index contributed by atoms with van der Waals surface area (Å²) in [5.74, 6) is -1.51. The highest BCUT2D eigenvalue weighted by molar-refractivity contribution is 6.16. The highest BCUT2D eigenvalue weighted by Gasteiger charge is 2.18. The largest absolute Gasteiger partial charge is 0.452 e. The Kier molecular flexibility index (Phi) is 5.75. The van der Waals surface area contributed by atoms with E-state index in [-0.39, 0.29) is 11.4 Å². The van der Waals surface area contributed by atoms with E-state index in [1.54, 1.807) is 6.07 Å². The number of fused-ring (bicyclic) bond motifs is 2. The van der Waals surface area contributed by atoms with Gasteiger partial charge in [-0.1, -0.05) is 60.7 Å². The summed E-state index contributed by atoms with van der Waals surface area (Å²) in [6, 6.07) is 22.6. The molecule has 0 aliphatic carbocycles. The first-order valence-corrected chi connectivity index (χ1v) is 9.44. The predicted molar refractivity (Wildman–Crippen MR) is 113 cm³/mol. The van der Waals surface area contributed by atoms with Gasteiger partial charge in [0.2, 0.25) is 0 Å². The topological polar surface area (TPSA) is 64.6 Å². The zero-order valence-corrected chi connectivity index (χ0v) is 16.2. The third-order valence-corrected chi connectivity index (χ3v) is 4.69. The molecule has 4 aromatic rings. The minimum atomic E-state index is -3.03. The van der Waals surface area contributed by atoms with Gasteiger partial charge in [0.05, 0.1) is 11.3 Å². The minimum absolute atomic E-state index is 0.0551. The van der Waals surface area contributed by atoms with Gasteiger partial charge < -0.3 is 14.8 Å². The van der Waals surface area contributed by atoms with Crippen molar-refractivity contribution in [1.82, 2.24) is 0 Å². The molecule has 0 saturated heterocycles. The van der Waals surface area contributed by atoms with Crippen LogP contribution in [0.25, 0.3) is 21.5 Å². The van der Waals surface area contributed by atoms with Gasteiger partial charge in [-0.15, -0.1) is 0 Å². The molecule has 0 unspecified atom stereocenters. The van der Waals surface area contributed by atoms with Crippen molar-refractivity contribution in [3.05, 3.63) is 84.4 Å². The Morgan fingerprint density at radius 3 is 2.06 bits per heavy atom. The molecule has 1 amide bonds. The number of amides is 1. The molecule has 5 nitrogen and oxygen atoms in total. The predicted octanol–water partition coefficient (Wildman–Crippen LogP) is 5.39.